The highest BCUT2D eigenvalue weighted by Crippen LogP contribution is 2.34. The van der Waals surface area contributed by atoms with Gasteiger partial charge in [0, 0.05) is 11.3 Å². The lowest BCUT2D eigenvalue weighted by Gasteiger charge is -2.06. The number of anilines is 2. The zero-order valence-corrected chi connectivity index (χ0v) is 17.4. The molecule has 154 valence electrons. The fourth-order valence-corrected chi connectivity index (χ4v) is 3.85. The van der Waals surface area contributed by atoms with E-state index in [2.05, 4.69) is 10.6 Å². The summed E-state index contributed by atoms with van der Waals surface area (Å²) in [7, 11) is 1.23. The second-order valence-corrected chi connectivity index (χ2v) is 7.55. The van der Waals surface area contributed by atoms with Crippen LogP contribution in [0.25, 0.3) is 0 Å². The highest BCUT2D eigenvalue weighted by molar-refractivity contribution is 7.19. The normalized spacial score (nSPS) is 10.4. The van der Waals surface area contributed by atoms with Gasteiger partial charge >= 0.3 is 5.97 Å². The number of hydrogen-bond donors (Lipinski definition) is 2. The summed E-state index contributed by atoms with van der Waals surface area (Å²) < 4.78 is 17.9. The van der Waals surface area contributed by atoms with E-state index in [0.717, 1.165) is 16.9 Å². The minimum atomic E-state index is -0.663. The van der Waals surface area contributed by atoms with E-state index in [1.54, 1.807) is 31.2 Å². The molecule has 0 saturated carbocycles. The van der Waals surface area contributed by atoms with Crippen molar-refractivity contribution >= 4 is 39.8 Å². The number of hydrogen-bond acceptors (Lipinski definition) is 5. The fourth-order valence-electron chi connectivity index (χ4n) is 2.77. The van der Waals surface area contributed by atoms with Crippen LogP contribution in [0.5, 0.6) is 0 Å². The first-order valence-electron chi connectivity index (χ1n) is 8.96. The molecule has 6 nitrogen and oxygen atoms in total. The van der Waals surface area contributed by atoms with E-state index in [9.17, 15) is 18.8 Å². The molecular formula is C22H19FN2O4S. The molecule has 1 heterocycles. The highest BCUT2D eigenvalue weighted by Gasteiger charge is 2.26. The van der Waals surface area contributed by atoms with Gasteiger partial charge in [-0.05, 0) is 55.8 Å². The number of methoxy groups -OCH3 is 1. The molecule has 2 aromatic carbocycles. The third-order valence-corrected chi connectivity index (χ3v) is 5.59. The molecule has 0 atom stereocenters. The maximum atomic E-state index is 13.1. The maximum absolute atomic E-state index is 13.1. The van der Waals surface area contributed by atoms with E-state index < -0.39 is 23.6 Å². The number of ether oxygens (including phenoxy) is 1. The molecule has 0 fully saturated rings. The summed E-state index contributed by atoms with van der Waals surface area (Å²) in [6, 6.07) is 12.3. The number of amides is 2. The molecule has 2 N–H and O–H groups in total. The third kappa shape index (κ3) is 4.55. The Hall–Kier alpha value is -3.52. The van der Waals surface area contributed by atoms with Gasteiger partial charge in [-0.2, -0.15) is 0 Å². The summed E-state index contributed by atoms with van der Waals surface area (Å²) in [6.45, 7) is 3.51. The molecule has 30 heavy (non-hydrogen) atoms. The lowest BCUT2D eigenvalue weighted by Crippen LogP contribution is -2.14. The average Bonchev–Trinajstić information content (AvgIpc) is 3.05. The zero-order valence-electron chi connectivity index (χ0n) is 16.5. The SMILES string of the molecule is COC(=O)c1c(NC(=O)c2ccc(C)cc2)sc(C(=O)Nc2ccc(F)cc2)c1C. The van der Waals surface area contributed by atoms with Crippen LogP contribution < -0.4 is 10.6 Å². The van der Waals surface area contributed by atoms with Crippen molar-refractivity contribution in [1.29, 1.82) is 0 Å². The Morgan fingerprint density at radius 1 is 0.900 bits per heavy atom. The molecule has 0 aliphatic heterocycles. The molecule has 0 spiro atoms. The van der Waals surface area contributed by atoms with Crippen LogP contribution in [0.4, 0.5) is 15.1 Å². The molecule has 0 radical (unpaired) electrons. The number of benzene rings is 2. The lowest BCUT2D eigenvalue weighted by molar-refractivity contribution is 0.0601. The van der Waals surface area contributed by atoms with Gasteiger partial charge in [0.15, 0.2) is 0 Å². The molecular weight excluding hydrogens is 407 g/mol. The Bertz CT molecular complexity index is 1110. The molecule has 0 unspecified atom stereocenters. The highest BCUT2D eigenvalue weighted by atomic mass is 32.1. The van der Waals surface area contributed by atoms with Crippen LogP contribution in [0.15, 0.2) is 48.5 Å². The Labute approximate surface area is 176 Å². The predicted octanol–water partition coefficient (Wildman–Crippen LogP) is 4.80. The van der Waals surface area contributed by atoms with Gasteiger partial charge in [0.05, 0.1) is 17.6 Å². The second-order valence-electron chi connectivity index (χ2n) is 6.53. The van der Waals surface area contributed by atoms with Crippen molar-refractivity contribution in [3.05, 3.63) is 81.5 Å². The minimum absolute atomic E-state index is 0.118. The van der Waals surface area contributed by atoms with Crippen molar-refractivity contribution in [3.8, 4) is 0 Å². The zero-order chi connectivity index (χ0) is 21.8. The van der Waals surface area contributed by atoms with E-state index in [0.29, 0.717) is 16.8 Å². The molecule has 8 heteroatoms. The second kappa shape index (κ2) is 8.87. The monoisotopic (exact) mass is 426 g/mol. The van der Waals surface area contributed by atoms with E-state index >= 15 is 0 Å². The topological polar surface area (TPSA) is 84.5 Å². The summed E-state index contributed by atoms with van der Waals surface area (Å²) in [6.07, 6.45) is 0. The van der Waals surface area contributed by atoms with Crippen LogP contribution in [-0.2, 0) is 4.74 Å². The number of aryl methyl sites for hydroxylation is 1. The predicted molar refractivity (Wildman–Crippen MR) is 114 cm³/mol. The lowest BCUT2D eigenvalue weighted by atomic mass is 10.1. The Kier molecular flexibility index (Phi) is 6.27. The fraction of sp³-hybridized carbons (Fsp3) is 0.136. The van der Waals surface area contributed by atoms with E-state index in [-0.39, 0.29) is 15.4 Å². The first-order chi connectivity index (χ1) is 14.3. The van der Waals surface area contributed by atoms with Gasteiger partial charge < -0.3 is 15.4 Å². The standard InChI is InChI=1S/C22H19FN2O4S/c1-12-4-6-14(7-5-12)19(26)25-21-17(22(28)29-3)13(2)18(30-21)20(27)24-16-10-8-15(23)9-11-16/h4-11H,1-3H3,(H,24,27)(H,25,26). The van der Waals surface area contributed by atoms with Gasteiger partial charge in [-0.1, -0.05) is 17.7 Å². The molecule has 0 saturated heterocycles. The van der Waals surface area contributed by atoms with Crippen molar-refractivity contribution in [2.24, 2.45) is 0 Å². The van der Waals surface area contributed by atoms with Gasteiger partial charge in [-0.3, -0.25) is 9.59 Å². The molecule has 0 aliphatic rings. The van der Waals surface area contributed by atoms with Gasteiger partial charge in [-0.15, -0.1) is 11.3 Å². The third-order valence-electron chi connectivity index (χ3n) is 4.39. The smallest absolute Gasteiger partial charge is 0.341 e. The molecule has 1 aromatic heterocycles. The van der Waals surface area contributed by atoms with Crippen molar-refractivity contribution in [2.45, 2.75) is 13.8 Å². The summed E-state index contributed by atoms with van der Waals surface area (Å²) >= 11 is 0.968. The van der Waals surface area contributed by atoms with E-state index in [1.165, 1.54) is 31.4 Å². The number of carbonyl (C=O) groups excluding carboxylic acids is 3. The van der Waals surface area contributed by atoms with Crippen molar-refractivity contribution < 1.29 is 23.5 Å². The maximum Gasteiger partial charge on any atom is 0.341 e. The number of halogens is 1. The summed E-state index contributed by atoms with van der Waals surface area (Å²) in [4.78, 5) is 37.9. The molecule has 3 aromatic rings. The Balaban J connectivity index is 1.91. The van der Waals surface area contributed by atoms with Crippen LogP contribution in [0.1, 0.15) is 41.5 Å². The first kappa shape index (κ1) is 21.2. The van der Waals surface area contributed by atoms with Crippen LogP contribution in [-0.4, -0.2) is 24.9 Å². The molecule has 3 rings (SSSR count). The van der Waals surface area contributed by atoms with Gasteiger partial charge in [0.1, 0.15) is 10.8 Å². The largest absolute Gasteiger partial charge is 0.465 e. The van der Waals surface area contributed by atoms with Gasteiger partial charge in [0.25, 0.3) is 11.8 Å². The van der Waals surface area contributed by atoms with E-state index in [1.807, 2.05) is 6.92 Å². The van der Waals surface area contributed by atoms with Crippen LogP contribution in [0, 0.1) is 19.7 Å². The van der Waals surface area contributed by atoms with E-state index in [4.69, 9.17) is 4.74 Å². The van der Waals surface area contributed by atoms with Crippen LogP contribution in [0.3, 0.4) is 0 Å². The Morgan fingerprint density at radius 2 is 1.53 bits per heavy atom. The summed E-state index contributed by atoms with van der Waals surface area (Å²) in [5, 5.41) is 5.57. The molecule has 2 amide bonds. The van der Waals surface area contributed by atoms with Crippen LogP contribution in [0.2, 0.25) is 0 Å². The van der Waals surface area contributed by atoms with Crippen molar-refractivity contribution in [3.63, 3.8) is 0 Å². The average molecular weight is 426 g/mol. The summed E-state index contributed by atoms with van der Waals surface area (Å²) in [5.74, 6) is -1.98. The van der Waals surface area contributed by atoms with Crippen molar-refractivity contribution in [1.82, 2.24) is 0 Å². The number of esters is 1. The van der Waals surface area contributed by atoms with Gasteiger partial charge in [0.2, 0.25) is 0 Å². The first-order valence-corrected chi connectivity index (χ1v) is 9.78. The van der Waals surface area contributed by atoms with Crippen molar-refractivity contribution in [2.75, 3.05) is 17.7 Å². The molecule has 0 bridgehead atoms. The number of carbonyl (C=O) groups is 3. The van der Waals surface area contributed by atoms with Gasteiger partial charge in [-0.25, -0.2) is 9.18 Å². The summed E-state index contributed by atoms with van der Waals surface area (Å²) in [5.41, 5.74) is 2.32. The minimum Gasteiger partial charge on any atom is -0.465 e. The Morgan fingerprint density at radius 3 is 2.13 bits per heavy atom. The number of rotatable bonds is 5. The number of nitrogens with one attached hydrogen (secondary N) is 2. The quantitative estimate of drug-likeness (QED) is 0.574. The van der Waals surface area contributed by atoms with Crippen LogP contribution >= 0.6 is 11.3 Å². The number of thiophene rings is 1. The molecule has 0 aliphatic carbocycles.